The van der Waals surface area contributed by atoms with Gasteiger partial charge in [-0.1, -0.05) is 17.7 Å². The minimum absolute atomic E-state index is 0.0263. The molecule has 0 spiro atoms. The van der Waals surface area contributed by atoms with Crippen molar-refractivity contribution >= 4 is 27.7 Å². The third-order valence-electron chi connectivity index (χ3n) is 3.34. The number of aliphatic hydroxyl groups is 1. The standard InChI is InChI=1S/C15H18N2O3S/c1-9-5-6-12(10(2)7-9)16(4)15-13(17(19)20)8-14(21-15)11(3)18/h5-8,11,18H,1-4H3. The number of thiophene rings is 1. The van der Waals surface area contributed by atoms with Gasteiger partial charge in [0, 0.05) is 23.7 Å². The fourth-order valence-electron chi connectivity index (χ4n) is 2.26. The van der Waals surface area contributed by atoms with Crippen LogP contribution in [-0.2, 0) is 0 Å². The van der Waals surface area contributed by atoms with Gasteiger partial charge in [0.1, 0.15) is 0 Å². The molecule has 1 unspecified atom stereocenters. The highest BCUT2D eigenvalue weighted by Gasteiger charge is 2.25. The number of anilines is 2. The summed E-state index contributed by atoms with van der Waals surface area (Å²) in [5.41, 5.74) is 3.15. The summed E-state index contributed by atoms with van der Waals surface area (Å²) >= 11 is 1.25. The number of rotatable bonds is 4. The van der Waals surface area contributed by atoms with Gasteiger partial charge in [-0.25, -0.2) is 0 Å². The predicted octanol–water partition coefficient (Wildman–Crippen LogP) is 4.09. The largest absolute Gasteiger partial charge is 0.388 e. The van der Waals surface area contributed by atoms with E-state index in [-0.39, 0.29) is 5.69 Å². The average molecular weight is 306 g/mol. The van der Waals surface area contributed by atoms with Crippen LogP contribution >= 0.6 is 11.3 Å². The van der Waals surface area contributed by atoms with Gasteiger partial charge in [-0.15, -0.1) is 11.3 Å². The van der Waals surface area contributed by atoms with Crippen LogP contribution in [0.25, 0.3) is 0 Å². The van der Waals surface area contributed by atoms with Crippen molar-refractivity contribution in [2.45, 2.75) is 26.9 Å². The van der Waals surface area contributed by atoms with E-state index < -0.39 is 11.0 Å². The number of hydrogen-bond donors (Lipinski definition) is 1. The molecule has 0 aliphatic rings. The molecular weight excluding hydrogens is 288 g/mol. The fourth-order valence-corrected chi connectivity index (χ4v) is 3.30. The van der Waals surface area contributed by atoms with Crippen molar-refractivity contribution in [1.29, 1.82) is 0 Å². The zero-order valence-electron chi connectivity index (χ0n) is 12.5. The lowest BCUT2D eigenvalue weighted by Gasteiger charge is -2.19. The maximum atomic E-state index is 11.2. The van der Waals surface area contributed by atoms with Gasteiger partial charge in [-0.3, -0.25) is 10.1 Å². The maximum absolute atomic E-state index is 11.2. The second-order valence-corrected chi connectivity index (χ2v) is 6.18. The molecule has 1 atom stereocenters. The third-order valence-corrected chi connectivity index (χ3v) is 4.71. The van der Waals surface area contributed by atoms with Crippen LogP contribution in [0.15, 0.2) is 24.3 Å². The number of nitro groups is 1. The Balaban J connectivity index is 2.51. The molecule has 5 nitrogen and oxygen atoms in total. The SMILES string of the molecule is Cc1ccc(N(C)c2sc(C(C)O)cc2[N+](=O)[O-])c(C)c1. The predicted molar refractivity (Wildman–Crippen MR) is 85.6 cm³/mol. The normalized spacial score (nSPS) is 12.2. The number of nitrogens with zero attached hydrogens (tertiary/aromatic N) is 2. The van der Waals surface area contributed by atoms with Crippen molar-refractivity contribution in [3.05, 3.63) is 50.4 Å². The van der Waals surface area contributed by atoms with Gasteiger partial charge < -0.3 is 10.0 Å². The topological polar surface area (TPSA) is 66.6 Å². The van der Waals surface area contributed by atoms with Crippen LogP contribution in [0, 0.1) is 24.0 Å². The highest BCUT2D eigenvalue weighted by atomic mass is 32.1. The second-order valence-electron chi connectivity index (χ2n) is 5.12. The van der Waals surface area contributed by atoms with Crippen molar-refractivity contribution in [2.24, 2.45) is 0 Å². The molecule has 0 aliphatic carbocycles. The van der Waals surface area contributed by atoms with Crippen LogP contribution in [0.1, 0.15) is 29.0 Å². The first-order valence-electron chi connectivity index (χ1n) is 6.58. The molecule has 6 heteroatoms. The summed E-state index contributed by atoms with van der Waals surface area (Å²) in [5, 5.41) is 21.4. The Labute approximate surface area is 127 Å². The summed E-state index contributed by atoms with van der Waals surface area (Å²) in [6.45, 7) is 5.60. The molecule has 0 aliphatic heterocycles. The molecule has 2 aromatic rings. The summed E-state index contributed by atoms with van der Waals surface area (Å²) < 4.78 is 0. The van der Waals surface area contributed by atoms with Crippen LogP contribution in [0.3, 0.4) is 0 Å². The van der Waals surface area contributed by atoms with Gasteiger partial charge in [-0.05, 0) is 32.4 Å². The highest BCUT2D eigenvalue weighted by molar-refractivity contribution is 7.16. The molecule has 0 bridgehead atoms. The van der Waals surface area contributed by atoms with E-state index in [0.29, 0.717) is 9.88 Å². The van der Waals surface area contributed by atoms with Gasteiger partial charge >= 0.3 is 5.69 Å². The maximum Gasteiger partial charge on any atom is 0.304 e. The van der Waals surface area contributed by atoms with Gasteiger partial charge in [0.05, 0.1) is 11.0 Å². The van der Waals surface area contributed by atoms with E-state index in [1.54, 1.807) is 6.92 Å². The Morgan fingerprint density at radius 2 is 2.00 bits per heavy atom. The van der Waals surface area contributed by atoms with Crippen molar-refractivity contribution in [3.63, 3.8) is 0 Å². The lowest BCUT2D eigenvalue weighted by molar-refractivity contribution is -0.383. The average Bonchev–Trinajstić information content (AvgIpc) is 2.83. The van der Waals surface area contributed by atoms with E-state index in [4.69, 9.17) is 0 Å². The van der Waals surface area contributed by atoms with Crippen LogP contribution in [-0.4, -0.2) is 17.1 Å². The zero-order chi connectivity index (χ0) is 15.7. The third kappa shape index (κ3) is 3.06. The van der Waals surface area contributed by atoms with E-state index in [9.17, 15) is 15.2 Å². The minimum Gasteiger partial charge on any atom is -0.388 e. The van der Waals surface area contributed by atoms with E-state index in [2.05, 4.69) is 0 Å². The van der Waals surface area contributed by atoms with E-state index in [1.807, 2.05) is 44.0 Å². The first-order valence-corrected chi connectivity index (χ1v) is 7.40. The Kier molecular flexibility index (Phi) is 4.29. The fraction of sp³-hybridized carbons (Fsp3) is 0.333. The number of benzene rings is 1. The summed E-state index contributed by atoms with van der Waals surface area (Å²) in [4.78, 5) is 13.2. The van der Waals surface area contributed by atoms with Crippen molar-refractivity contribution in [1.82, 2.24) is 0 Å². The number of aliphatic hydroxyl groups excluding tert-OH is 1. The van der Waals surface area contributed by atoms with E-state index in [0.717, 1.165) is 16.8 Å². The molecule has 1 aromatic carbocycles. The molecule has 0 radical (unpaired) electrons. The molecule has 1 N–H and O–H groups in total. The summed E-state index contributed by atoms with van der Waals surface area (Å²) in [7, 11) is 1.81. The molecule has 21 heavy (non-hydrogen) atoms. The van der Waals surface area contributed by atoms with Gasteiger partial charge in [0.25, 0.3) is 0 Å². The van der Waals surface area contributed by atoms with Crippen molar-refractivity contribution < 1.29 is 10.0 Å². The first kappa shape index (κ1) is 15.5. The smallest absolute Gasteiger partial charge is 0.304 e. The quantitative estimate of drug-likeness (QED) is 0.682. The lowest BCUT2D eigenvalue weighted by Crippen LogP contribution is -2.10. The summed E-state index contributed by atoms with van der Waals surface area (Å²) in [6.07, 6.45) is -0.713. The Morgan fingerprint density at radius 1 is 1.33 bits per heavy atom. The Morgan fingerprint density at radius 3 is 2.52 bits per heavy atom. The van der Waals surface area contributed by atoms with Crippen LogP contribution in [0.4, 0.5) is 16.4 Å². The molecular formula is C15H18N2O3S. The monoisotopic (exact) mass is 306 g/mol. The molecule has 1 heterocycles. The molecule has 2 rings (SSSR count). The summed E-state index contributed by atoms with van der Waals surface area (Å²) in [6, 6.07) is 7.43. The first-order chi connectivity index (χ1) is 9.81. The molecule has 112 valence electrons. The number of aryl methyl sites for hydroxylation is 2. The van der Waals surface area contributed by atoms with Crippen molar-refractivity contribution in [3.8, 4) is 0 Å². The van der Waals surface area contributed by atoms with Gasteiger partial charge in [-0.2, -0.15) is 0 Å². The van der Waals surface area contributed by atoms with Gasteiger partial charge in [0.15, 0.2) is 5.00 Å². The summed E-state index contributed by atoms with van der Waals surface area (Å²) in [5.74, 6) is 0. The molecule has 0 saturated carbocycles. The van der Waals surface area contributed by atoms with Gasteiger partial charge in [0.2, 0.25) is 0 Å². The van der Waals surface area contributed by atoms with Crippen molar-refractivity contribution in [2.75, 3.05) is 11.9 Å². The molecule has 0 fully saturated rings. The molecule has 0 amide bonds. The van der Waals surface area contributed by atoms with E-state index >= 15 is 0 Å². The lowest BCUT2D eigenvalue weighted by atomic mass is 10.1. The zero-order valence-corrected chi connectivity index (χ0v) is 13.3. The molecule has 0 saturated heterocycles. The second kappa shape index (κ2) is 5.83. The van der Waals surface area contributed by atoms with Crippen LogP contribution < -0.4 is 4.90 Å². The Hall–Kier alpha value is -1.92. The van der Waals surface area contributed by atoms with Crippen LogP contribution in [0.5, 0.6) is 0 Å². The van der Waals surface area contributed by atoms with E-state index in [1.165, 1.54) is 17.4 Å². The van der Waals surface area contributed by atoms with Crippen LogP contribution in [0.2, 0.25) is 0 Å². The number of hydrogen-bond acceptors (Lipinski definition) is 5. The Bertz CT molecular complexity index is 680. The minimum atomic E-state index is -0.713. The highest BCUT2D eigenvalue weighted by Crippen LogP contribution is 2.42. The molecule has 1 aromatic heterocycles.